The van der Waals surface area contributed by atoms with E-state index in [-0.39, 0.29) is 24.6 Å². The Kier molecular flexibility index (Phi) is 7.28. The van der Waals surface area contributed by atoms with Gasteiger partial charge in [-0.3, -0.25) is 4.79 Å². The lowest BCUT2D eigenvalue weighted by Crippen LogP contribution is -2.51. The highest BCUT2D eigenvalue weighted by Crippen LogP contribution is 2.30. The molecule has 4 rings (SSSR count). The predicted molar refractivity (Wildman–Crippen MR) is 132 cm³/mol. The Morgan fingerprint density at radius 2 is 1.32 bits per heavy atom. The lowest BCUT2D eigenvalue weighted by Gasteiger charge is -2.33. The van der Waals surface area contributed by atoms with E-state index in [1.807, 2.05) is 97.9 Å². The van der Waals surface area contributed by atoms with Gasteiger partial charge in [-0.05, 0) is 23.6 Å². The number of aliphatic hydroxyl groups is 1. The minimum absolute atomic E-state index is 0.176. The summed E-state index contributed by atoms with van der Waals surface area (Å²) < 4.78 is 0. The van der Waals surface area contributed by atoms with Crippen molar-refractivity contribution < 1.29 is 14.7 Å². The van der Waals surface area contributed by atoms with Gasteiger partial charge in [-0.2, -0.15) is 0 Å². The molecule has 6 nitrogen and oxygen atoms in total. The summed E-state index contributed by atoms with van der Waals surface area (Å²) in [5.74, 6) is -0.185. The van der Waals surface area contributed by atoms with Crippen LogP contribution < -0.4 is 0 Å². The number of benzene rings is 3. The molecule has 0 aliphatic carbocycles. The van der Waals surface area contributed by atoms with Crippen LogP contribution in [-0.2, 0) is 17.9 Å². The maximum absolute atomic E-state index is 13.9. The van der Waals surface area contributed by atoms with E-state index in [1.165, 1.54) is 0 Å². The number of hydrogen-bond donors (Lipinski definition) is 1. The second-order valence-electron chi connectivity index (χ2n) is 8.74. The number of likely N-dealkylation sites (N-methyl/N-ethyl adjacent to an activating group) is 1. The van der Waals surface area contributed by atoms with Crippen LogP contribution in [0.25, 0.3) is 0 Å². The third-order valence-electron chi connectivity index (χ3n) is 6.63. The van der Waals surface area contributed by atoms with Crippen molar-refractivity contribution in [1.29, 1.82) is 0 Å². The van der Waals surface area contributed by atoms with Gasteiger partial charge in [0.25, 0.3) is 0 Å². The molecule has 1 fully saturated rings. The Bertz CT molecular complexity index is 1090. The Morgan fingerprint density at radius 1 is 0.853 bits per heavy atom. The van der Waals surface area contributed by atoms with E-state index in [9.17, 15) is 14.7 Å². The fraction of sp³-hybridized carbons (Fsp3) is 0.286. The Balaban J connectivity index is 1.66. The molecule has 0 bridgehead atoms. The average molecular weight is 458 g/mol. The van der Waals surface area contributed by atoms with Crippen LogP contribution >= 0.6 is 0 Å². The first-order valence-corrected chi connectivity index (χ1v) is 11.6. The first-order chi connectivity index (χ1) is 16.5. The van der Waals surface area contributed by atoms with Gasteiger partial charge in [-0.15, -0.1) is 0 Å². The molecular formula is C28H31N3O3. The van der Waals surface area contributed by atoms with E-state index >= 15 is 0 Å². The molecule has 0 radical (unpaired) electrons. The lowest BCUT2D eigenvalue weighted by molar-refractivity contribution is -0.137. The molecule has 0 spiro atoms. The van der Waals surface area contributed by atoms with Crippen LogP contribution in [0.15, 0.2) is 91.0 Å². The summed E-state index contributed by atoms with van der Waals surface area (Å²) >= 11 is 0. The minimum Gasteiger partial charge on any atom is -0.394 e. The fourth-order valence-electron chi connectivity index (χ4n) is 4.57. The number of nitrogens with zero attached hydrogens (tertiary/aromatic N) is 3. The third kappa shape index (κ3) is 4.82. The van der Waals surface area contributed by atoms with Crippen molar-refractivity contribution in [3.8, 4) is 0 Å². The zero-order valence-electron chi connectivity index (χ0n) is 19.6. The normalized spacial score (nSPS) is 18.7. The van der Waals surface area contributed by atoms with E-state index in [1.54, 1.807) is 21.7 Å². The van der Waals surface area contributed by atoms with Gasteiger partial charge in [0.05, 0.1) is 18.7 Å². The van der Waals surface area contributed by atoms with Gasteiger partial charge in [0.2, 0.25) is 5.91 Å². The highest BCUT2D eigenvalue weighted by Gasteiger charge is 2.50. The molecule has 0 saturated carbocycles. The molecule has 3 unspecified atom stereocenters. The van der Waals surface area contributed by atoms with Crippen molar-refractivity contribution in [3.05, 3.63) is 108 Å². The standard InChI is InChI=1S/C28H31N3O3/c1-21(24-16-10-5-11-17-24)29(2)27(33)26-25(20-32)30(18-22-12-6-3-7-13-22)28(34)31(26)19-23-14-8-4-9-15-23/h3-17,21,25-26,32H,18-20H2,1-2H3. The molecule has 1 heterocycles. The SMILES string of the molecule is CC(c1ccccc1)N(C)C(=O)C1C(CO)N(Cc2ccccc2)C(=O)N1Cc1ccccc1. The van der Waals surface area contributed by atoms with Gasteiger partial charge >= 0.3 is 6.03 Å². The lowest BCUT2D eigenvalue weighted by atomic mass is 10.0. The van der Waals surface area contributed by atoms with Crippen LogP contribution in [0.5, 0.6) is 0 Å². The van der Waals surface area contributed by atoms with Crippen LogP contribution in [0.3, 0.4) is 0 Å². The molecule has 1 aliphatic heterocycles. The Labute approximate surface area is 201 Å². The van der Waals surface area contributed by atoms with Gasteiger partial charge in [0.1, 0.15) is 6.04 Å². The maximum atomic E-state index is 13.9. The second kappa shape index (κ2) is 10.5. The monoisotopic (exact) mass is 457 g/mol. The maximum Gasteiger partial charge on any atom is 0.321 e. The van der Waals surface area contributed by atoms with Gasteiger partial charge in [-0.25, -0.2) is 4.79 Å². The highest BCUT2D eigenvalue weighted by molar-refractivity contribution is 5.91. The quantitative estimate of drug-likeness (QED) is 0.555. The van der Waals surface area contributed by atoms with Crippen molar-refractivity contribution in [2.75, 3.05) is 13.7 Å². The van der Waals surface area contributed by atoms with Crippen LogP contribution in [0, 0.1) is 0 Å². The molecule has 1 saturated heterocycles. The summed E-state index contributed by atoms with van der Waals surface area (Å²) in [6, 6.07) is 27.3. The molecule has 34 heavy (non-hydrogen) atoms. The van der Waals surface area contributed by atoms with E-state index in [0.717, 1.165) is 16.7 Å². The molecule has 3 amide bonds. The molecule has 3 aromatic carbocycles. The number of carbonyl (C=O) groups excluding carboxylic acids is 2. The van der Waals surface area contributed by atoms with Crippen molar-refractivity contribution in [2.24, 2.45) is 0 Å². The number of urea groups is 1. The number of hydrogen-bond acceptors (Lipinski definition) is 3. The fourth-order valence-corrected chi connectivity index (χ4v) is 4.57. The molecule has 0 aromatic heterocycles. The van der Waals surface area contributed by atoms with Crippen LogP contribution in [0.1, 0.15) is 29.7 Å². The van der Waals surface area contributed by atoms with Gasteiger partial charge in [-0.1, -0.05) is 91.0 Å². The number of rotatable bonds is 8. The van der Waals surface area contributed by atoms with Crippen molar-refractivity contribution >= 4 is 11.9 Å². The van der Waals surface area contributed by atoms with E-state index in [4.69, 9.17) is 0 Å². The first-order valence-electron chi connectivity index (χ1n) is 11.6. The topological polar surface area (TPSA) is 64.1 Å². The molecule has 1 aliphatic rings. The number of carbonyl (C=O) groups is 2. The molecule has 3 atom stereocenters. The summed E-state index contributed by atoms with van der Waals surface area (Å²) in [5.41, 5.74) is 2.90. The molecule has 3 aromatic rings. The number of aliphatic hydroxyl groups excluding tert-OH is 1. The van der Waals surface area contributed by atoms with Crippen LogP contribution in [0.4, 0.5) is 4.79 Å². The number of amides is 3. The minimum atomic E-state index is -0.794. The van der Waals surface area contributed by atoms with E-state index in [2.05, 4.69) is 0 Å². The summed E-state index contributed by atoms with van der Waals surface area (Å²) in [7, 11) is 1.76. The van der Waals surface area contributed by atoms with Crippen LogP contribution in [-0.4, -0.2) is 57.5 Å². The van der Waals surface area contributed by atoms with Crippen molar-refractivity contribution in [3.63, 3.8) is 0 Å². The van der Waals surface area contributed by atoms with Gasteiger partial charge in [0.15, 0.2) is 0 Å². The highest BCUT2D eigenvalue weighted by atomic mass is 16.3. The summed E-state index contributed by atoms with van der Waals surface area (Å²) in [5, 5.41) is 10.4. The summed E-state index contributed by atoms with van der Waals surface area (Å²) in [4.78, 5) is 32.4. The Hall–Kier alpha value is -3.64. The van der Waals surface area contributed by atoms with Crippen molar-refractivity contribution in [2.45, 2.75) is 38.1 Å². The van der Waals surface area contributed by atoms with Crippen LogP contribution in [0.2, 0.25) is 0 Å². The third-order valence-corrected chi connectivity index (χ3v) is 6.63. The summed E-state index contributed by atoms with van der Waals surface area (Å²) in [6.07, 6.45) is 0. The summed E-state index contributed by atoms with van der Waals surface area (Å²) in [6.45, 7) is 2.30. The van der Waals surface area contributed by atoms with E-state index in [0.29, 0.717) is 13.1 Å². The molecule has 1 N–H and O–H groups in total. The second-order valence-corrected chi connectivity index (χ2v) is 8.74. The molecule has 176 valence electrons. The van der Waals surface area contributed by atoms with E-state index < -0.39 is 12.1 Å². The first kappa shape index (κ1) is 23.5. The zero-order valence-corrected chi connectivity index (χ0v) is 19.6. The van der Waals surface area contributed by atoms with Gasteiger partial charge < -0.3 is 19.8 Å². The zero-order chi connectivity index (χ0) is 24.1. The van der Waals surface area contributed by atoms with Crippen molar-refractivity contribution in [1.82, 2.24) is 14.7 Å². The molecule has 6 heteroatoms. The Morgan fingerprint density at radius 3 is 1.82 bits per heavy atom. The smallest absolute Gasteiger partial charge is 0.321 e. The molecular weight excluding hydrogens is 426 g/mol. The average Bonchev–Trinajstić information content (AvgIpc) is 3.14. The largest absolute Gasteiger partial charge is 0.394 e. The van der Waals surface area contributed by atoms with Gasteiger partial charge in [0, 0.05) is 20.1 Å². The predicted octanol–water partition coefficient (Wildman–Crippen LogP) is 4.07.